The maximum absolute atomic E-state index is 12.6. The zero-order chi connectivity index (χ0) is 14.3. The van der Waals surface area contributed by atoms with Gasteiger partial charge < -0.3 is 9.80 Å². The predicted octanol–water partition coefficient (Wildman–Crippen LogP) is 1.86. The molecule has 3 rings (SSSR count). The van der Waals surface area contributed by atoms with Gasteiger partial charge in [0.1, 0.15) is 11.7 Å². The van der Waals surface area contributed by atoms with E-state index < -0.39 is 0 Å². The molecule has 1 aliphatic carbocycles. The molecular formula is C15H20ClN3O. The summed E-state index contributed by atoms with van der Waals surface area (Å²) in [5, 5.41) is 4.24. The average Bonchev–Trinajstić information content (AvgIpc) is 3.13. The van der Waals surface area contributed by atoms with Gasteiger partial charge in [0.25, 0.3) is 0 Å². The van der Waals surface area contributed by atoms with Crippen LogP contribution in [0.3, 0.4) is 0 Å². The third-order valence-electron chi connectivity index (χ3n) is 4.12. The van der Waals surface area contributed by atoms with Crippen LogP contribution < -0.4 is 5.32 Å². The summed E-state index contributed by atoms with van der Waals surface area (Å²) in [6.07, 6.45) is 1.88. The van der Waals surface area contributed by atoms with Crippen molar-refractivity contribution in [2.45, 2.75) is 24.5 Å². The number of carbonyl (C=O) groups is 1. The van der Waals surface area contributed by atoms with Gasteiger partial charge in [-0.1, -0.05) is 23.7 Å². The van der Waals surface area contributed by atoms with Crippen molar-refractivity contribution in [1.82, 2.24) is 15.1 Å². The summed E-state index contributed by atoms with van der Waals surface area (Å²) in [5.41, 5.74) is 0.821. The Labute approximate surface area is 124 Å². The molecule has 1 saturated heterocycles. The molecule has 5 heteroatoms. The van der Waals surface area contributed by atoms with Gasteiger partial charge >= 0.3 is 0 Å². The summed E-state index contributed by atoms with van der Waals surface area (Å²) in [7, 11) is 4.05. The second-order valence-corrected chi connectivity index (χ2v) is 6.42. The highest BCUT2D eigenvalue weighted by Gasteiger charge is 2.59. The van der Waals surface area contributed by atoms with Gasteiger partial charge in [0.2, 0.25) is 5.91 Å². The standard InChI is InChI=1S/C15H20ClN3O/c1-18(2)9-10-19-13(11-3-5-12(16)6-4-11)17-15(7-8-15)14(19)20/h3-6,13,17H,7-10H2,1-2H3. The summed E-state index contributed by atoms with van der Waals surface area (Å²) < 4.78 is 0. The molecule has 108 valence electrons. The number of carbonyl (C=O) groups excluding carboxylic acids is 1. The lowest BCUT2D eigenvalue weighted by Gasteiger charge is -2.26. The monoisotopic (exact) mass is 293 g/mol. The number of halogens is 1. The summed E-state index contributed by atoms with van der Waals surface area (Å²) in [6.45, 7) is 1.61. The Balaban J connectivity index is 1.83. The van der Waals surface area contributed by atoms with Gasteiger partial charge in [-0.05, 0) is 44.6 Å². The quantitative estimate of drug-likeness (QED) is 0.920. The van der Waals surface area contributed by atoms with E-state index >= 15 is 0 Å². The third-order valence-corrected chi connectivity index (χ3v) is 4.37. The van der Waals surface area contributed by atoms with E-state index in [4.69, 9.17) is 11.6 Å². The van der Waals surface area contributed by atoms with Gasteiger partial charge in [0, 0.05) is 18.1 Å². The van der Waals surface area contributed by atoms with Crippen LogP contribution in [0.15, 0.2) is 24.3 Å². The van der Waals surface area contributed by atoms with Crippen LogP contribution in [0.25, 0.3) is 0 Å². The minimum atomic E-state index is -0.281. The van der Waals surface area contributed by atoms with Crippen LogP contribution in [-0.2, 0) is 4.79 Å². The largest absolute Gasteiger partial charge is 0.320 e. The van der Waals surface area contributed by atoms with Gasteiger partial charge in [0.05, 0.1) is 0 Å². The Bertz CT molecular complexity index is 510. The molecule has 1 atom stereocenters. The number of likely N-dealkylation sites (N-methyl/N-ethyl adjacent to an activating group) is 1. The zero-order valence-corrected chi connectivity index (χ0v) is 12.7. The molecule has 1 unspecified atom stereocenters. The number of nitrogens with zero attached hydrogens (tertiary/aromatic N) is 2. The molecular weight excluding hydrogens is 274 g/mol. The highest BCUT2D eigenvalue weighted by molar-refractivity contribution is 6.30. The van der Waals surface area contributed by atoms with E-state index in [9.17, 15) is 4.79 Å². The van der Waals surface area contributed by atoms with E-state index in [2.05, 4.69) is 10.2 Å². The molecule has 0 aromatic heterocycles. The normalized spacial score (nSPS) is 23.9. The number of hydrogen-bond donors (Lipinski definition) is 1. The third kappa shape index (κ3) is 2.43. The number of rotatable bonds is 4. The van der Waals surface area contributed by atoms with Gasteiger partial charge in [-0.2, -0.15) is 0 Å². The lowest BCUT2D eigenvalue weighted by molar-refractivity contribution is -0.131. The Morgan fingerprint density at radius 3 is 2.55 bits per heavy atom. The van der Waals surface area contributed by atoms with Crippen molar-refractivity contribution in [3.63, 3.8) is 0 Å². The first-order valence-electron chi connectivity index (χ1n) is 7.01. The summed E-state index contributed by atoms with van der Waals surface area (Å²) in [6, 6.07) is 7.75. The smallest absolute Gasteiger partial charge is 0.244 e. The van der Waals surface area contributed by atoms with Gasteiger partial charge in [0.15, 0.2) is 0 Å². The number of nitrogens with one attached hydrogen (secondary N) is 1. The second-order valence-electron chi connectivity index (χ2n) is 5.98. The molecule has 1 saturated carbocycles. The maximum Gasteiger partial charge on any atom is 0.244 e. The molecule has 2 aliphatic rings. The lowest BCUT2D eigenvalue weighted by atomic mass is 10.1. The van der Waals surface area contributed by atoms with Crippen LogP contribution in [0.1, 0.15) is 24.6 Å². The van der Waals surface area contributed by atoms with Gasteiger partial charge in [-0.25, -0.2) is 0 Å². The van der Waals surface area contributed by atoms with Crippen LogP contribution >= 0.6 is 11.6 Å². The maximum atomic E-state index is 12.6. The zero-order valence-electron chi connectivity index (χ0n) is 11.9. The molecule has 1 aromatic carbocycles. The average molecular weight is 294 g/mol. The summed E-state index contributed by atoms with van der Waals surface area (Å²) >= 11 is 5.95. The molecule has 1 N–H and O–H groups in total. The fourth-order valence-electron chi connectivity index (χ4n) is 2.72. The van der Waals surface area contributed by atoms with Gasteiger partial charge in [-0.15, -0.1) is 0 Å². The van der Waals surface area contributed by atoms with Crippen LogP contribution in [0.5, 0.6) is 0 Å². The molecule has 2 fully saturated rings. The summed E-state index contributed by atoms with van der Waals surface area (Å²) in [5.74, 6) is 0.249. The molecule has 1 spiro atoms. The Hall–Kier alpha value is -1.10. The van der Waals surface area contributed by atoms with Crippen molar-refractivity contribution >= 4 is 17.5 Å². The molecule has 0 radical (unpaired) electrons. The van der Waals surface area contributed by atoms with Crippen molar-refractivity contribution < 1.29 is 4.79 Å². The van der Waals surface area contributed by atoms with E-state index in [0.717, 1.165) is 36.5 Å². The van der Waals surface area contributed by atoms with Crippen LogP contribution in [0, 0.1) is 0 Å². The molecule has 1 aromatic rings. The molecule has 20 heavy (non-hydrogen) atoms. The fourth-order valence-corrected chi connectivity index (χ4v) is 2.85. The van der Waals surface area contributed by atoms with Crippen LogP contribution in [0.4, 0.5) is 0 Å². The number of amides is 1. The molecule has 4 nitrogen and oxygen atoms in total. The van der Waals surface area contributed by atoms with Crippen LogP contribution in [0.2, 0.25) is 5.02 Å². The van der Waals surface area contributed by atoms with E-state index in [1.807, 2.05) is 43.3 Å². The SMILES string of the molecule is CN(C)CCN1C(=O)C2(CC2)NC1c1ccc(Cl)cc1. The second kappa shape index (κ2) is 5.02. The predicted molar refractivity (Wildman–Crippen MR) is 79.6 cm³/mol. The first-order valence-corrected chi connectivity index (χ1v) is 7.39. The van der Waals surface area contributed by atoms with E-state index in [1.165, 1.54) is 0 Å². The first kappa shape index (κ1) is 13.9. The molecule has 1 aliphatic heterocycles. The van der Waals surface area contributed by atoms with Crippen molar-refractivity contribution in [1.29, 1.82) is 0 Å². The van der Waals surface area contributed by atoms with E-state index in [1.54, 1.807) is 0 Å². The topological polar surface area (TPSA) is 35.6 Å². The van der Waals surface area contributed by atoms with E-state index in [0.29, 0.717) is 0 Å². The number of benzene rings is 1. The Kier molecular flexibility index (Phi) is 3.48. The minimum Gasteiger partial charge on any atom is -0.320 e. The Morgan fingerprint density at radius 2 is 2.00 bits per heavy atom. The van der Waals surface area contributed by atoms with Crippen molar-refractivity contribution in [2.75, 3.05) is 27.2 Å². The highest BCUT2D eigenvalue weighted by Crippen LogP contribution is 2.45. The first-order chi connectivity index (χ1) is 9.52. The lowest BCUT2D eigenvalue weighted by Crippen LogP contribution is -2.37. The fraction of sp³-hybridized carbons (Fsp3) is 0.533. The van der Waals surface area contributed by atoms with Gasteiger partial charge in [-0.3, -0.25) is 10.1 Å². The highest BCUT2D eigenvalue weighted by atomic mass is 35.5. The Morgan fingerprint density at radius 1 is 1.35 bits per heavy atom. The molecule has 1 amide bonds. The van der Waals surface area contributed by atoms with E-state index in [-0.39, 0.29) is 17.6 Å². The van der Waals surface area contributed by atoms with Crippen molar-refractivity contribution in [3.8, 4) is 0 Å². The summed E-state index contributed by atoms with van der Waals surface area (Å²) in [4.78, 5) is 16.6. The van der Waals surface area contributed by atoms with Crippen molar-refractivity contribution in [2.24, 2.45) is 0 Å². The van der Waals surface area contributed by atoms with Crippen molar-refractivity contribution in [3.05, 3.63) is 34.9 Å². The van der Waals surface area contributed by atoms with Crippen LogP contribution in [-0.4, -0.2) is 48.4 Å². The minimum absolute atomic E-state index is 0.0257. The molecule has 0 bridgehead atoms. The number of hydrogen-bond acceptors (Lipinski definition) is 3. The molecule has 1 heterocycles.